The van der Waals surface area contributed by atoms with Gasteiger partial charge in [-0.3, -0.25) is 0 Å². The van der Waals surface area contributed by atoms with Crippen molar-refractivity contribution in [2.24, 2.45) is 5.73 Å². The average Bonchev–Trinajstić information content (AvgIpc) is 2.01. The summed E-state index contributed by atoms with van der Waals surface area (Å²) in [4.78, 5) is 12.3. The number of rotatable bonds is 7. The fourth-order valence-electron chi connectivity index (χ4n) is 1.07. The summed E-state index contributed by atoms with van der Waals surface area (Å²) in [7, 11) is 0. The normalized spacial score (nSPS) is 10.5. The number of nitrogens with zero attached hydrogens (tertiary/aromatic N) is 1. The van der Waals surface area contributed by atoms with E-state index in [-0.39, 0.29) is 0 Å². The van der Waals surface area contributed by atoms with Crippen LogP contribution in [0, 0.1) is 0 Å². The molecular weight excluding hydrogens is 140 g/mol. The molecule has 0 bridgehead atoms. The second-order valence-electron chi connectivity index (χ2n) is 2.59. The van der Waals surface area contributed by atoms with Crippen LogP contribution in [-0.2, 0) is 4.79 Å². The first-order valence-corrected chi connectivity index (χ1v) is 4.21. The molecule has 0 aromatic heterocycles. The summed E-state index contributed by atoms with van der Waals surface area (Å²) in [6, 6.07) is 0. The van der Waals surface area contributed by atoms with Crippen LogP contribution in [0.5, 0.6) is 0 Å². The van der Waals surface area contributed by atoms with Gasteiger partial charge in [0.2, 0.25) is 0 Å². The number of hydrogen-bond donors (Lipinski definition) is 1. The van der Waals surface area contributed by atoms with E-state index in [1.807, 2.05) is 0 Å². The fourth-order valence-corrected chi connectivity index (χ4v) is 1.07. The van der Waals surface area contributed by atoms with E-state index in [2.05, 4.69) is 11.8 Å². The Morgan fingerprint density at radius 2 is 2.09 bits per heavy atom. The van der Waals surface area contributed by atoms with E-state index in [1.54, 1.807) is 0 Å². The number of carbonyl (C=O) groups excluding carboxylic acids is 1. The lowest BCUT2D eigenvalue weighted by Gasteiger charge is -2.18. The fraction of sp³-hybridized carbons (Fsp3) is 0.875. The zero-order valence-electron chi connectivity index (χ0n) is 7.25. The smallest absolute Gasteiger partial charge is 0.121 e. The maximum Gasteiger partial charge on any atom is 0.121 e. The first-order chi connectivity index (χ1) is 5.35. The summed E-state index contributed by atoms with van der Waals surface area (Å²) >= 11 is 0. The van der Waals surface area contributed by atoms with Crippen LogP contribution in [0.2, 0.25) is 0 Å². The third-order valence-electron chi connectivity index (χ3n) is 1.55. The molecular formula is C8H18N2O. The van der Waals surface area contributed by atoms with Crippen LogP contribution in [-0.4, -0.2) is 37.4 Å². The van der Waals surface area contributed by atoms with Gasteiger partial charge in [0.05, 0.1) is 0 Å². The van der Waals surface area contributed by atoms with E-state index >= 15 is 0 Å². The topological polar surface area (TPSA) is 46.3 Å². The first kappa shape index (κ1) is 10.6. The van der Waals surface area contributed by atoms with Crippen molar-refractivity contribution < 1.29 is 4.79 Å². The van der Waals surface area contributed by atoms with E-state index in [1.165, 1.54) is 0 Å². The van der Waals surface area contributed by atoms with E-state index in [0.717, 1.165) is 32.3 Å². The largest absolute Gasteiger partial charge is 0.329 e. The highest BCUT2D eigenvalue weighted by Gasteiger charge is 1.99. The summed E-state index contributed by atoms with van der Waals surface area (Å²) in [5.74, 6) is 0. The van der Waals surface area contributed by atoms with Crippen molar-refractivity contribution >= 4 is 6.29 Å². The van der Waals surface area contributed by atoms with Crippen molar-refractivity contribution in [2.75, 3.05) is 26.2 Å². The third-order valence-corrected chi connectivity index (χ3v) is 1.55. The molecule has 3 nitrogen and oxygen atoms in total. The molecule has 0 radical (unpaired) electrons. The summed E-state index contributed by atoms with van der Waals surface area (Å²) in [6.07, 6.45) is 2.71. The van der Waals surface area contributed by atoms with Crippen LogP contribution in [0.3, 0.4) is 0 Å². The molecule has 0 aliphatic rings. The Labute approximate surface area is 68.6 Å². The van der Waals surface area contributed by atoms with Crippen molar-refractivity contribution in [2.45, 2.75) is 19.8 Å². The molecule has 0 aromatic rings. The number of hydrogen-bond acceptors (Lipinski definition) is 3. The van der Waals surface area contributed by atoms with Gasteiger partial charge in [0.25, 0.3) is 0 Å². The van der Waals surface area contributed by atoms with Gasteiger partial charge in [-0.25, -0.2) is 0 Å². The highest BCUT2D eigenvalue weighted by atomic mass is 16.1. The Balaban J connectivity index is 3.41. The van der Waals surface area contributed by atoms with Crippen LogP contribution < -0.4 is 5.73 Å². The second kappa shape index (κ2) is 7.69. The van der Waals surface area contributed by atoms with Crippen LogP contribution in [0.25, 0.3) is 0 Å². The van der Waals surface area contributed by atoms with Gasteiger partial charge in [0.1, 0.15) is 6.29 Å². The van der Waals surface area contributed by atoms with Crippen LogP contribution >= 0.6 is 0 Å². The minimum Gasteiger partial charge on any atom is -0.329 e. The SMILES string of the molecule is CCCN(CCN)CCC=O. The van der Waals surface area contributed by atoms with Gasteiger partial charge < -0.3 is 15.4 Å². The molecule has 0 rings (SSSR count). The van der Waals surface area contributed by atoms with Crippen LogP contribution in [0.15, 0.2) is 0 Å². The Bertz CT molecular complexity index is 90.1. The van der Waals surface area contributed by atoms with Gasteiger partial charge in [-0.05, 0) is 13.0 Å². The standard InChI is InChI=1S/C8H18N2O/c1-2-5-10(7-4-9)6-3-8-11/h8H,2-7,9H2,1H3. The maximum absolute atomic E-state index is 10.1. The lowest BCUT2D eigenvalue weighted by molar-refractivity contribution is -0.108. The molecule has 2 N–H and O–H groups in total. The predicted octanol–water partition coefficient (Wildman–Crippen LogP) is 0.246. The molecule has 0 heterocycles. The van der Waals surface area contributed by atoms with Crippen molar-refractivity contribution in [3.05, 3.63) is 0 Å². The number of aldehydes is 1. The van der Waals surface area contributed by atoms with Crippen molar-refractivity contribution in [1.82, 2.24) is 4.90 Å². The number of nitrogens with two attached hydrogens (primary N) is 1. The van der Waals surface area contributed by atoms with Gasteiger partial charge in [0.15, 0.2) is 0 Å². The Morgan fingerprint density at radius 1 is 1.36 bits per heavy atom. The zero-order chi connectivity index (χ0) is 8.53. The summed E-state index contributed by atoms with van der Waals surface area (Å²) in [6.45, 7) is 5.62. The quantitative estimate of drug-likeness (QED) is 0.540. The molecule has 0 saturated carbocycles. The molecule has 0 saturated heterocycles. The highest BCUT2D eigenvalue weighted by molar-refractivity contribution is 5.49. The molecule has 11 heavy (non-hydrogen) atoms. The average molecular weight is 158 g/mol. The minimum absolute atomic E-state index is 0.625. The Hall–Kier alpha value is -0.410. The van der Waals surface area contributed by atoms with E-state index in [4.69, 9.17) is 5.73 Å². The van der Waals surface area contributed by atoms with Gasteiger partial charge >= 0.3 is 0 Å². The van der Waals surface area contributed by atoms with Gasteiger partial charge in [-0.1, -0.05) is 6.92 Å². The van der Waals surface area contributed by atoms with E-state index < -0.39 is 0 Å². The Morgan fingerprint density at radius 3 is 2.55 bits per heavy atom. The molecule has 0 atom stereocenters. The van der Waals surface area contributed by atoms with Gasteiger partial charge in [-0.15, -0.1) is 0 Å². The molecule has 66 valence electrons. The summed E-state index contributed by atoms with van der Waals surface area (Å²) in [5.41, 5.74) is 5.40. The molecule has 0 aliphatic carbocycles. The van der Waals surface area contributed by atoms with Crippen molar-refractivity contribution in [1.29, 1.82) is 0 Å². The first-order valence-electron chi connectivity index (χ1n) is 4.21. The van der Waals surface area contributed by atoms with E-state index in [9.17, 15) is 4.79 Å². The monoisotopic (exact) mass is 158 g/mol. The second-order valence-corrected chi connectivity index (χ2v) is 2.59. The Kier molecular flexibility index (Phi) is 7.41. The van der Waals surface area contributed by atoms with Crippen LogP contribution in [0.4, 0.5) is 0 Å². The molecule has 0 aromatic carbocycles. The van der Waals surface area contributed by atoms with Gasteiger partial charge in [-0.2, -0.15) is 0 Å². The molecule has 0 amide bonds. The van der Waals surface area contributed by atoms with E-state index in [0.29, 0.717) is 13.0 Å². The lowest BCUT2D eigenvalue weighted by Crippen LogP contribution is -2.31. The summed E-state index contributed by atoms with van der Waals surface area (Å²) in [5, 5.41) is 0. The minimum atomic E-state index is 0.625. The third kappa shape index (κ3) is 6.01. The maximum atomic E-state index is 10.1. The lowest BCUT2D eigenvalue weighted by atomic mass is 10.3. The summed E-state index contributed by atoms with van der Waals surface area (Å²) < 4.78 is 0. The molecule has 0 fully saturated rings. The molecule has 0 unspecified atom stereocenters. The zero-order valence-corrected chi connectivity index (χ0v) is 7.25. The molecule has 3 heteroatoms. The highest BCUT2D eigenvalue weighted by Crippen LogP contribution is 1.90. The van der Waals surface area contributed by atoms with Crippen molar-refractivity contribution in [3.8, 4) is 0 Å². The predicted molar refractivity (Wildman–Crippen MR) is 46.5 cm³/mol. The van der Waals surface area contributed by atoms with Crippen LogP contribution in [0.1, 0.15) is 19.8 Å². The molecule has 0 spiro atoms. The van der Waals surface area contributed by atoms with Gasteiger partial charge in [0, 0.05) is 26.1 Å². The molecule has 0 aliphatic heterocycles. The number of carbonyl (C=O) groups is 1. The van der Waals surface area contributed by atoms with Crippen molar-refractivity contribution in [3.63, 3.8) is 0 Å².